The molecule has 2 amide bonds. The van der Waals surface area contributed by atoms with Crippen LogP contribution in [0.4, 0.5) is 5.69 Å². The zero-order valence-electron chi connectivity index (χ0n) is 20.9. The number of allylic oxidation sites excluding steroid dienone is 1. The minimum absolute atomic E-state index is 0.113. The predicted octanol–water partition coefficient (Wildman–Crippen LogP) is 5.74. The van der Waals surface area contributed by atoms with Crippen LogP contribution in [0.15, 0.2) is 84.9 Å². The van der Waals surface area contributed by atoms with Crippen LogP contribution in [0.2, 0.25) is 5.02 Å². The molecule has 0 spiro atoms. The standard InChI is InChI=1S/C32H20ClNO6/c33-21-7-3-4-8-22(21)34-30(35)27-19(17-10-11-23-25(13-17)39-15-38-23)14-20-26-18-6-2-1-5-16(18)9-12-24(26)40-32(37)28(20)29(27)31(34)36/h1-14,19,27-29H,15H2/t19-,27+,28+,29+/m1/s1. The van der Waals surface area contributed by atoms with Gasteiger partial charge in [-0.1, -0.05) is 66.2 Å². The fraction of sp³-hybridized carbons (Fsp3) is 0.156. The number of nitrogens with zero attached hydrogens (tertiary/aromatic N) is 1. The highest BCUT2D eigenvalue weighted by Gasteiger charge is 2.60. The lowest BCUT2D eigenvalue weighted by molar-refractivity contribution is -0.142. The van der Waals surface area contributed by atoms with Gasteiger partial charge in [-0.25, -0.2) is 4.90 Å². The van der Waals surface area contributed by atoms with Crippen molar-refractivity contribution in [2.45, 2.75) is 5.92 Å². The molecule has 196 valence electrons. The number of imide groups is 1. The van der Waals surface area contributed by atoms with Gasteiger partial charge in [0.25, 0.3) is 0 Å². The van der Waals surface area contributed by atoms with E-state index in [1.807, 2.05) is 54.6 Å². The van der Waals surface area contributed by atoms with Gasteiger partial charge in [0.15, 0.2) is 11.5 Å². The van der Waals surface area contributed by atoms with Gasteiger partial charge in [-0.05, 0) is 52.2 Å². The summed E-state index contributed by atoms with van der Waals surface area (Å²) in [4.78, 5) is 43.1. The molecule has 1 aliphatic carbocycles. The second kappa shape index (κ2) is 8.44. The van der Waals surface area contributed by atoms with Crippen molar-refractivity contribution < 1.29 is 28.6 Å². The molecule has 0 saturated carbocycles. The van der Waals surface area contributed by atoms with Gasteiger partial charge in [-0.2, -0.15) is 0 Å². The quantitative estimate of drug-likeness (QED) is 0.180. The molecule has 0 N–H and O–H groups in total. The second-order valence-electron chi connectivity index (χ2n) is 10.3. The molecular weight excluding hydrogens is 530 g/mol. The van der Waals surface area contributed by atoms with E-state index in [2.05, 4.69) is 0 Å². The van der Waals surface area contributed by atoms with Crippen molar-refractivity contribution in [2.24, 2.45) is 17.8 Å². The van der Waals surface area contributed by atoms with Crippen LogP contribution >= 0.6 is 11.6 Å². The number of anilines is 1. The average molecular weight is 550 g/mol. The molecule has 8 heteroatoms. The van der Waals surface area contributed by atoms with Crippen molar-refractivity contribution in [3.8, 4) is 17.2 Å². The van der Waals surface area contributed by atoms with E-state index in [0.29, 0.717) is 28.5 Å². The van der Waals surface area contributed by atoms with E-state index in [9.17, 15) is 14.4 Å². The summed E-state index contributed by atoms with van der Waals surface area (Å²) in [6, 6.07) is 23.8. The molecule has 3 heterocycles. The van der Waals surface area contributed by atoms with Crippen LogP contribution in [0, 0.1) is 17.8 Å². The number of esters is 1. The smallest absolute Gasteiger partial charge is 0.319 e. The molecule has 0 bridgehead atoms. The van der Waals surface area contributed by atoms with Crippen LogP contribution in [0.3, 0.4) is 0 Å². The van der Waals surface area contributed by atoms with Crippen molar-refractivity contribution >= 4 is 51.4 Å². The van der Waals surface area contributed by atoms with Gasteiger partial charge in [-0.3, -0.25) is 14.4 Å². The summed E-state index contributed by atoms with van der Waals surface area (Å²) in [5, 5.41) is 2.16. The fourth-order valence-electron chi connectivity index (χ4n) is 6.65. The van der Waals surface area contributed by atoms with E-state index in [-0.39, 0.29) is 11.8 Å². The SMILES string of the molecule is O=C1Oc2ccc3ccccc3c2C2=C[C@H](c3ccc4c(c3)OCO4)[C@@H]3C(=O)N(c4ccccc4Cl)C(=O)[C@@H]3[C@@H]12. The van der Waals surface area contributed by atoms with Gasteiger partial charge in [-0.15, -0.1) is 0 Å². The van der Waals surface area contributed by atoms with Gasteiger partial charge in [0, 0.05) is 11.5 Å². The number of fused-ring (bicyclic) bond motifs is 8. The minimum atomic E-state index is -0.973. The lowest BCUT2D eigenvalue weighted by atomic mass is 9.64. The van der Waals surface area contributed by atoms with E-state index in [4.69, 9.17) is 25.8 Å². The monoisotopic (exact) mass is 549 g/mol. The predicted molar refractivity (Wildman–Crippen MR) is 147 cm³/mol. The lowest BCUT2D eigenvalue weighted by Crippen LogP contribution is -2.42. The van der Waals surface area contributed by atoms with Crippen molar-refractivity contribution in [3.05, 3.63) is 101 Å². The Labute approximate surface area is 233 Å². The van der Waals surface area contributed by atoms with E-state index >= 15 is 0 Å². The van der Waals surface area contributed by atoms with Gasteiger partial charge in [0.05, 0.1) is 28.5 Å². The first-order valence-electron chi connectivity index (χ1n) is 13.0. The zero-order chi connectivity index (χ0) is 27.1. The van der Waals surface area contributed by atoms with Crippen molar-refractivity contribution in [3.63, 3.8) is 0 Å². The highest BCUT2D eigenvalue weighted by molar-refractivity contribution is 6.36. The number of rotatable bonds is 2. The summed E-state index contributed by atoms with van der Waals surface area (Å²) in [6.45, 7) is 0.113. The molecule has 0 aromatic heterocycles. The number of amides is 2. The molecule has 40 heavy (non-hydrogen) atoms. The van der Waals surface area contributed by atoms with Crippen molar-refractivity contribution in [1.82, 2.24) is 0 Å². The summed E-state index contributed by atoms with van der Waals surface area (Å²) in [7, 11) is 0. The molecule has 7 nitrogen and oxygen atoms in total. The average Bonchev–Trinajstić information content (AvgIpc) is 3.54. The summed E-state index contributed by atoms with van der Waals surface area (Å²) in [5.41, 5.74) is 2.54. The summed E-state index contributed by atoms with van der Waals surface area (Å²) in [6.07, 6.45) is 1.97. The first-order valence-corrected chi connectivity index (χ1v) is 13.4. The molecular formula is C32H20ClNO6. The van der Waals surface area contributed by atoms with Crippen LogP contribution in [0.5, 0.6) is 17.2 Å². The molecule has 4 atom stereocenters. The molecule has 4 aromatic rings. The van der Waals surface area contributed by atoms with Crippen LogP contribution in [0.1, 0.15) is 17.0 Å². The van der Waals surface area contributed by atoms with Gasteiger partial charge < -0.3 is 14.2 Å². The van der Waals surface area contributed by atoms with E-state index in [1.165, 1.54) is 0 Å². The maximum absolute atomic E-state index is 14.2. The number of carbonyl (C=O) groups is 3. The third kappa shape index (κ3) is 3.15. The van der Waals surface area contributed by atoms with Gasteiger partial charge >= 0.3 is 5.97 Å². The number of halogens is 1. The molecule has 4 aliphatic rings. The van der Waals surface area contributed by atoms with Crippen molar-refractivity contribution in [1.29, 1.82) is 0 Å². The largest absolute Gasteiger partial charge is 0.454 e. The van der Waals surface area contributed by atoms with Gasteiger partial charge in [0.1, 0.15) is 5.75 Å². The Bertz CT molecular complexity index is 1830. The van der Waals surface area contributed by atoms with Crippen LogP contribution in [-0.4, -0.2) is 24.6 Å². The van der Waals surface area contributed by atoms with E-state index < -0.39 is 41.5 Å². The molecule has 3 aliphatic heterocycles. The van der Waals surface area contributed by atoms with Crippen LogP contribution in [-0.2, 0) is 14.4 Å². The molecule has 0 radical (unpaired) electrons. The Kier molecular flexibility index (Phi) is 4.91. The number of hydrogen-bond donors (Lipinski definition) is 0. The third-order valence-corrected chi connectivity index (χ3v) is 8.68. The first-order chi connectivity index (χ1) is 19.5. The molecule has 1 fully saturated rings. The Balaban J connectivity index is 1.38. The van der Waals surface area contributed by atoms with E-state index in [0.717, 1.165) is 26.8 Å². The Hall–Kier alpha value is -4.62. The van der Waals surface area contributed by atoms with Crippen molar-refractivity contribution in [2.75, 3.05) is 11.7 Å². The van der Waals surface area contributed by atoms with Crippen LogP contribution in [0.25, 0.3) is 16.3 Å². The lowest BCUT2D eigenvalue weighted by Gasteiger charge is -2.38. The van der Waals surface area contributed by atoms with E-state index in [1.54, 1.807) is 30.3 Å². The topological polar surface area (TPSA) is 82.1 Å². The number of ether oxygens (including phenoxy) is 3. The number of benzene rings is 4. The second-order valence-corrected chi connectivity index (χ2v) is 10.7. The first kappa shape index (κ1) is 23.3. The molecule has 8 rings (SSSR count). The van der Waals surface area contributed by atoms with Crippen LogP contribution < -0.4 is 19.1 Å². The number of hydrogen-bond acceptors (Lipinski definition) is 6. The summed E-state index contributed by atoms with van der Waals surface area (Å²) >= 11 is 6.47. The maximum Gasteiger partial charge on any atom is 0.319 e. The Morgan fingerprint density at radius 1 is 0.775 bits per heavy atom. The highest BCUT2D eigenvalue weighted by Crippen LogP contribution is 2.56. The van der Waals surface area contributed by atoms with Gasteiger partial charge in [0.2, 0.25) is 18.6 Å². The maximum atomic E-state index is 14.2. The zero-order valence-corrected chi connectivity index (χ0v) is 21.6. The summed E-state index contributed by atoms with van der Waals surface area (Å²) in [5.74, 6) is -3.08. The minimum Gasteiger partial charge on any atom is -0.454 e. The Morgan fingerprint density at radius 3 is 2.40 bits per heavy atom. The third-order valence-electron chi connectivity index (χ3n) is 8.36. The molecule has 1 saturated heterocycles. The Morgan fingerprint density at radius 2 is 1.52 bits per heavy atom. The summed E-state index contributed by atoms with van der Waals surface area (Å²) < 4.78 is 17.0. The fourth-order valence-corrected chi connectivity index (χ4v) is 6.87. The highest BCUT2D eigenvalue weighted by atomic mass is 35.5. The molecule has 0 unspecified atom stereocenters. The normalized spacial score (nSPS) is 24.4. The number of para-hydroxylation sites is 1. The number of carbonyl (C=O) groups excluding carboxylic acids is 3. The molecule has 4 aromatic carbocycles.